The number of rotatable bonds is 10. The van der Waals surface area contributed by atoms with E-state index in [1.807, 2.05) is 0 Å². The average Bonchev–Trinajstić information content (AvgIpc) is 2.50. The molecule has 0 heterocycles. The summed E-state index contributed by atoms with van der Waals surface area (Å²) < 4.78 is 116. The summed E-state index contributed by atoms with van der Waals surface area (Å²) in [4.78, 5) is 0. The summed E-state index contributed by atoms with van der Waals surface area (Å²) in [6.45, 7) is 0.195. The highest BCUT2D eigenvalue weighted by atomic mass is 32.2. The van der Waals surface area contributed by atoms with Crippen LogP contribution in [0.2, 0.25) is 0 Å². The molecule has 0 radical (unpaired) electrons. The molecule has 0 spiro atoms. The van der Waals surface area contributed by atoms with Gasteiger partial charge in [0.05, 0.1) is 6.61 Å². The van der Waals surface area contributed by atoms with E-state index in [9.17, 15) is 34.8 Å². The van der Waals surface area contributed by atoms with Gasteiger partial charge in [0.1, 0.15) is 0 Å². The van der Waals surface area contributed by atoms with Crippen LogP contribution in [0.3, 0.4) is 0 Å². The first-order valence-electron chi connectivity index (χ1n) is 9.53. The maximum atomic E-state index is 13.5. The third-order valence-electron chi connectivity index (χ3n) is 6.27. The molecule has 4 rings (SSSR count). The van der Waals surface area contributed by atoms with E-state index in [1.165, 1.54) is 19.3 Å². The van der Waals surface area contributed by atoms with Crippen molar-refractivity contribution >= 4 is 10.1 Å². The van der Waals surface area contributed by atoms with Gasteiger partial charge in [0.15, 0.2) is 0 Å². The van der Waals surface area contributed by atoms with Gasteiger partial charge in [0.2, 0.25) is 0 Å². The van der Waals surface area contributed by atoms with Crippen molar-refractivity contribution in [1.82, 2.24) is 0 Å². The van der Waals surface area contributed by atoms with Gasteiger partial charge in [-0.05, 0) is 68.1 Å². The lowest BCUT2D eigenvalue weighted by Crippen LogP contribution is -2.51. The molecule has 170 valence electrons. The first-order valence-corrected chi connectivity index (χ1v) is 11.0. The van der Waals surface area contributed by atoms with Crippen molar-refractivity contribution in [2.75, 3.05) is 13.2 Å². The molecule has 29 heavy (non-hydrogen) atoms. The largest absolute Gasteiger partial charge is 0.460 e. The van der Waals surface area contributed by atoms with Crippen LogP contribution in [0, 0.1) is 23.2 Å². The van der Waals surface area contributed by atoms with Crippen molar-refractivity contribution in [2.24, 2.45) is 23.2 Å². The minimum absolute atomic E-state index is 0.0400. The average molecular weight is 454 g/mol. The Bertz CT molecular complexity index is 676. The van der Waals surface area contributed by atoms with Crippen molar-refractivity contribution in [3.63, 3.8) is 0 Å². The summed E-state index contributed by atoms with van der Waals surface area (Å²) in [5.74, 6) is 2.03. The number of alkyl halides is 6. The molecule has 0 aliphatic heterocycles. The van der Waals surface area contributed by atoms with Crippen LogP contribution >= 0.6 is 0 Å². The first kappa shape index (κ1) is 23.1. The molecule has 4 aliphatic rings. The molecule has 4 fully saturated rings. The Hall–Kier alpha value is -0.590. The Morgan fingerprint density at radius 2 is 1.41 bits per heavy atom. The van der Waals surface area contributed by atoms with Gasteiger partial charge in [-0.3, -0.25) is 4.55 Å². The minimum Gasteiger partial charge on any atom is -0.381 e. The molecule has 1 N–H and O–H groups in total. The molecular formula is C17H24F6O5S. The molecule has 0 amide bonds. The quantitative estimate of drug-likeness (QED) is 0.295. The predicted molar refractivity (Wildman–Crippen MR) is 88.1 cm³/mol. The molecule has 0 aromatic heterocycles. The van der Waals surface area contributed by atoms with Crippen LogP contribution in [-0.4, -0.2) is 43.7 Å². The Balaban J connectivity index is 1.44. The van der Waals surface area contributed by atoms with Gasteiger partial charge in [-0.1, -0.05) is 0 Å². The number of halogens is 6. The highest BCUT2D eigenvalue weighted by Crippen LogP contribution is 2.60. The Labute approximate surface area is 164 Å². The maximum absolute atomic E-state index is 13.5. The van der Waals surface area contributed by atoms with Gasteiger partial charge in [-0.15, -0.1) is 0 Å². The van der Waals surface area contributed by atoms with Crippen LogP contribution in [-0.2, 0) is 19.6 Å². The van der Waals surface area contributed by atoms with Crippen LogP contribution in [0.4, 0.5) is 26.3 Å². The third kappa shape index (κ3) is 4.85. The molecular weight excluding hydrogens is 430 g/mol. The number of hydrogen-bond donors (Lipinski definition) is 1. The summed E-state index contributed by atoms with van der Waals surface area (Å²) in [5, 5.41) is -6.21. The van der Waals surface area contributed by atoms with E-state index in [4.69, 9.17) is 9.29 Å². The Morgan fingerprint density at radius 3 is 1.86 bits per heavy atom. The lowest BCUT2D eigenvalue weighted by atomic mass is 9.50. The van der Waals surface area contributed by atoms with Crippen molar-refractivity contribution < 1.29 is 48.8 Å². The molecule has 4 aliphatic carbocycles. The fraction of sp³-hybridized carbons (Fsp3) is 1.00. The molecule has 0 saturated heterocycles. The van der Waals surface area contributed by atoms with E-state index in [-0.39, 0.29) is 12.0 Å². The second-order valence-corrected chi connectivity index (χ2v) is 10.3. The molecule has 0 aromatic rings. The fourth-order valence-corrected chi connectivity index (χ4v) is 5.93. The fourth-order valence-electron chi connectivity index (χ4n) is 5.58. The monoisotopic (exact) mass is 454 g/mol. The minimum atomic E-state index is -6.65. The highest BCUT2D eigenvalue weighted by Gasteiger charge is 2.70. The van der Waals surface area contributed by atoms with Crippen LogP contribution in [0.25, 0.3) is 0 Å². The third-order valence-corrected chi connectivity index (χ3v) is 7.16. The molecule has 0 atom stereocenters. The molecule has 5 nitrogen and oxygen atoms in total. The zero-order valence-corrected chi connectivity index (χ0v) is 16.4. The van der Waals surface area contributed by atoms with Crippen molar-refractivity contribution in [3.05, 3.63) is 0 Å². The number of hydrogen-bond acceptors (Lipinski definition) is 4. The molecule has 12 heteroatoms. The van der Waals surface area contributed by atoms with Gasteiger partial charge < -0.3 is 4.74 Å². The molecule has 0 aromatic carbocycles. The van der Waals surface area contributed by atoms with Crippen molar-refractivity contribution in [3.8, 4) is 0 Å². The topological polar surface area (TPSA) is 72.8 Å². The summed E-state index contributed by atoms with van der Waals surface area (Å²) >= 11 is 0. The zero-order chi connectivity index (χ0) is 21.7. The van der Waals surface area contributed by atoms with E-state index in [0.717, 1.165) is 19.3 Å². The Morgan fingerprint density at radius 1 is 0.931 bits per heavy atom. The summed E-state index contributed by atoms with van der Waals surface area (Å²) in [7, 11) is -6.65. The number of ether oxygens (including phenoxy) is 2. The van der Waals surface area contributed by atoms with Crippen LogP contribution < -0.4 is 0 Å². The maximum Gasteiger partial charge on any atom is 0.460 e. The van der Waals surface area contributed by atoms with Crippen LogP contribution in [0.5, 0.6) is 0 Å². The SMILES string of the molecule is O=S(=O)(O)C(F)(F)C(F)(F)OC(F)(F)CCCOCC12CC3CC(CC(C3)C1)C2. The van der Waals surface area contributed by atoms with Gasteiger partial charge in [0.25, 0.3) is 0 Å². The normalized spacial score (nSPS) is 32.7. The highest BCUT2D eigenvalue weighted by molar-refractivity contribution is 7.86. The second kappa shape index (κ2) is 7.52. The van der Waals surface area contributed by atoms with E-state index in [2.05, 4.69) is 4.74 Å². The van der Waals surface area contributed by atoms with Gasteiger partial charge in [0, 0.05) is 13.0 Å². The summed E-state index contributed by atoms with van der Waals surface area (Å²) in [6, 6.07) is 0. The van der Waals surface area contributed by atoms with E-state index in [1.54, 1.807) is 0 Å². The summed E-state index contributed by atoms with van der Waals surface area (Å²) in [6.07, 6.45) is -5.87. The first-order chi connectivity index (χ1) is 13.1. The molecule has 4 saturated carbocycles. The van der Waals surface area contributed by atoms with Crippen molar-refractivity contribution in [2.45, 2.75) is 68.8 Å². The molecule has 4 bridgehead atoms. The predicted octanol–water partition coefficient (Wildman–Crippen LogP) is 4.68. The van der Waals surface area contributed by atoms with Crippen LogP contribution in [0.1, 0.15) is 51.4 Å². The lowest BCUT2D eigenvalue weighted by Gasteiger charge is -2.56. The lowest BCUT2D eigenvalue weighted by molar-refractivity contribution is -0.415. The zero-order valence-electron chi connectivity index (χ0n) is 15.6. The van der Waals surface area contributed by atoms with Gasteiger partial charge in [-0.25, -0.2) is 4.74 Å². The van der Waals surface area contributed by atoms with E-state index < -0.39 is 40.4 Å². The van der Waals surface area contributed by atoms with Gasteiger partial charge in [-0.2, -0.15) is 34.8 Å². The van der Waals surface area contributed by atoms with Crippen molar-refractivity contribution in [1.29, 1.82) is 0 Å². The second-order valence-electron chi connectivity index (χ2n) is 8.82. The van der Waals surface area contributed by atoms with E-state index in [0.29, 0.717) is 24.4 Å². The van der Waals surface area contributed by atoms with E-state index >= 15 is 0 Å². The molecule has 0 unspecified atom stereocenters. The standard InChI is InChI=1S/C17H24F6O5S/c18-15(19,28-16(20,21)17(22,23)29(24,25)26)2-1-3-27-10-14-7-11-4-12(8-14)6-13(5-11)9-14/h11-13H,1-10H2,(H,24,25,26). The Kier molecular flexibility index (Phi) is 5.99. The smallest absolute Gasteiger partial charge is 0.381 e. The van der Waals surface area contributed by atoms with Crippen LogP contribution in [0.15, 0.2) is 0 Å². The summed E-state index contributed by atoms with van der Waals surface area (Å²) in [5.41, 5.74) is 0.0400. The van der Waals surface area contributed by atoms with Gasteiger partial charge >= 0.3 is 27.6 Å².